The molecule has 0 unspecified atom stereocenters. The first-order valence-electron chi connectivity index (χ1n) is 8.56. The summed E-state index contributed by atoms with van der Waals surface area (Å²) in [5.41, 5.74) is 2.72. The van der Waals surface area contributed by atoms with Gasteiger partial charge in [0.2, 0.25) is 0 Å². The van der Waals surface area contributed by atoms with Crippen LogP contribution in [0, 0.1) is 12.8 Å². The monoisotopic (exact) mass is 339 g/mol. The van der Waals surface area contributed by atoms with Crippen LogP contribution in [0.25, 0.3) is 5.65 Å². The molecule has 0 aliphatic carbocycles. The zero-order valence-corrected chi connectivity index (χ0v) is 14.2. The van der Waals surface area contributed by atoms with Crippen LogP contribution in [0.2, 0.25) is 0 Å². The number of nitrogens with zero attached hydrogens (tertiary/aromatic N) is 4. The van der Waals surface area contributed by atoms with Crippen molar-refractivity contribution in [2.75, 3.05) is 18.5 Å². The zero-order chi connectivity index (χ0) is 17.2. The number of carbonyl (C=O) groups is 1. The number of rotatable bonds is 4. The first-order chi connectivity index (χ1) is 12.2. The van der Waals surface area contributed by atoms with Crippen molar-refractivity contribution < 1.29 is 9.53 Å². The van der Waals surface area contributed by atoms with Crippen LogP contribution in [-0.2, 0) is 11.3 Å². The Bertz CT molecular complexity index is 892. The molecule has 1 aliphatic heterocycles. The summed E-state index contributed by atoms with van der Waals surface area (Å²) in [5, 5.41) is 7.30. The van der Waals surface area contributed by atoms with Crippen LogP contribution in [0.4, 0.5) is 5.69 Å². The van der Waals surface area contributed by atoms with Crippen molar-refractivity contribution in [1.82, 2.24) is 19.2 Å². The van der Waals surface area contributed by atoms with Gasteiger partial charge in [0.1, 0.15) is 11.3 Å². The third kappa shape index (κ3) is 3.28. The van der Waals surface area contributed by atoms with E-state index in [2.05, 4.69) is 15.4 Å². The van der Waals surface area contributed by atoms with E-state index >= 15 is 0 Å². The molecule has 0 aromatic carbocycles. The summed E-state index contributed by atoms with van der Waals surface area (Å²) in [7, 11) is 0. The van der Waals surface area contributed by atoms with Gasteiger partial charge in [-0.3, -0.25) is 13.9 Å². The number of aryl methyl sites for hydroxylation is 1. The predicted molar refractivity (Wildman–Crippen MR) is 93.7 cm³/mol. The number of fused-ring (bicyclic) bond motifs is 1. The lowest BCUT2D eigenvalue weighted by Crippen LogP contribution is -2.20. The van der Waals surface area contributed by atoms with E-state index in [1.807, 2.05) is 42.2 Å². The fourth-order valence-corrected chi connectivity index (χ4v) is 3.30. The number of aromatic nitrogens is 4. The fraction of sp³-hybridized carbons (Fsp3) is 0.389. The van der Waals surface area contributed by atoms with Crippen molar-refractivity contribution >= 4 is 17.2 Å². The lowest BCUT2D eigenvalue weighted by atomic mass is 10.0. The summed E-state index contributed by atoms with van der Waals surface area (Å²) in [5.74, 6) is 0.403. The molecule has 1 saturated heterocycles. The summed E-state index contributed by atoms with van der Waals surface area (Å²) in [6.45, 7) is 4.34. The van der Waals surface area contributed by atoms with Gasteiger partial charge < -0.3 is 10.1 Å². The first-order valence-corrected chi connectivity index (χ1v) is 8.56. The van der Waals surface area contributed by atoms with Crippen LogP contribution in [0.5, 0.6) is 0 Å². The van der Waals surface area contributed by atoms with Crippen LogP contribution in [0.3, 0.4) is 0 Å². The molecule has 0 atom stereocenters. The normalized spacial score (nSPS) is 15.6. The number of ether oxygens (including phenoxy) is 1. The molecule has 1 N–H and O–H groups in total. The molecule has 3 aromatic heterocycles. The Labute approximate surface area is 145 Å². The average molecular weight is 339 g/mol. The van der Waals surface area contributed by atoms with Crippen LogP contribution < -0.4 is 5.32 Å². The van der Waals surface area contributed by atoms with Crippen molar-refractivity contribution in [1.29, 1.82) is 0 Å². The van der Waals surface area contributed by atoms with Crippen molar-refractivity contribution in [3.63, 3.8) is 0 Å². The molecular weight excluding hydrogens is 318 g/mol. The van der Waals surface area contributed by atoms with Gasteiger partial charge in [-0.1, -0.05) is 6.07 Å². The molecule has 1 fully saturated rings. The smallest absolute Gasteiger partial charge is 0.274 e. The number of hydrogen-bond donors (Lipinski definition) is 1. The lowest BCUT2D eigenvalue weighted by Gasteiger charge is -2.21. The number of anilines is 1. The lowest BCUT2D eigenvalue weighted by molar-refractivity contribution is 0.0601. The maximum Gasteiger partial charge on any atom is 0.274 e. The molecule has 25 heavy (non-hydrogen) atoms. The highest BCUT2D eigenvalue weighted by Crippen LogP contribution is 2.18. The Morgan fingerprint density at radius 1 is 1.36 bits per heavy atom. The summed E-state index contributed by atoms with van der Waals surface area (Å²) in [4.78, 5) is 17.1. The largest absolute Gasteiger partial charge is 0.381 e. The molecule has 4 rings (SSSR count). The molecule has 1 amide bonds. The predicted octanol–water partition coefficient (Wildman–Crippen LogP) is 2.52. The van der Waals surface area contributed by atoms with Gasteiger partial charge in [0.25, 0.3) is 5.91 Å². The number of carbonyl (C=O) groups excluding carboxylic acids is 1. The first kappa shape index (κ1) is 15.8. The number of imidazole rings is 1. The maximum atomic E-state index is 12.7. The second kappa shape index (κ2) is 6.68. The summed E-state index contributed by atoms with van der Waals surface area (Å²) < 4.78 is 9.09. The molecule has 0 bridgehead atoms. The standard InChI is InChI=1S/C18H21N5O2/c1-13-17(23-7-3-2-4-16(23)20-13)18(24)21-15-10-19-22(12-15)11-14-5-8-25-9-6-14/h2-4,7,10,12,14H,5-6,8-9,11H2,1H3,(H,21,24). The van der Waals surface area contributed by atoms with Gasteiger partial charge in [-0.25, -0.2) is 4.98 Å². The highest BCUT2D eigenvalue weighted by molar-refractivity contribution is 6.04. The number of pyridine rings is 1. The van der Waals surface area contributed by atoms with E-state index in [4.69, 9.17) is 4.74 Å². The summed E-state index contributed by atoms with van der Waals surface area (Å²) >= 11 is 0. The zero-order valence-electron chi connectivity index (χ0n) is 14.2. The molecule has 0 spiro atoms. The van der Waals surface area contributed by atoms with Gasteiger partial charge in [0.05, 0.1) is 17.6 Å². The van der Waals surface area contributed by atoms with Gasteiger partial charge >= 0.3 is 0 Å². The van der Waals surface area contributed by atoms with Crippen molar-refractivity contribution in [2.45, 2.75) is 26.3 Å². The van der Waals surface area contributed by atoms with E-state index < -0.39 is 0 Å². The minimum Gasteiger partial charge on any atom is -0.381 e. The van der Waals surface area contributed by atoms with Crippen LogP contribution in [-0.4, -0.2) is 38.3 Å². The molecule has 7 nitrogen and oxygen atoms in total. The Balaban J connectivity index is 1.48. The van der Waals surface area contributed by atoms with Gasteiger partial charge in [0, 0.05) is 32.2 Å². The third-order valence-electron chi connectivity index (χ3n) is 4.60. The van der Waals surface area contributed by atoms with Gasteiger partial charge in [-0.2, -0.15) is 5.10 Å². The quantitative estimate of drug-likeness (QED) is 0.793. The van der Waals surface area contributed by atoms with Crippen molar-refractivity contribution in [3.8, 4) is 0 Å². The third-order valence-corrected chi connectivity index (χ3v) is 4.60. The Hall–Kier alpha value is -2.67. The fourth-order valence-electron chi connectivity index (χ4n) is 3.30. The summed E-state index contributed by atoms with van der Waals surface area (Å²) in [6, 6.07) is 5.68. The topological polar surface area (TPSA) is 73.5 Å². The molecule has 0 saturated carbocycles. The van der Waals surface area contributed by atoms with Crippen molar-refractivity contribution in [2.24, 2.45) is 5.92 Å². The molecule has 1 aliphatic rings. The number of amides is 1. The second-order valence-corrected chi connectivity index (χ2v) is 6.44. The minimum atomic E-state index is -0.179. The van der Waals surface area contributed by atoms with Crippen molar-refractivity contribution in [3.05, 3.63) is 48.2 Å². The average Bonchev–Trinajstić information content (AvgIpc) is 3.18. The summed E-state index contributed by atoms with van der Waals surface area (Å²) in [6.07, 6.45) is 7.53. The van der Waals surface area contributed by atoms with Crippen LogP contribution >= 0.6 is 0 Å². The molecule has 3 aromatic rings. The second-order valence-electron chi connectivity index (χ2n) is 6.44. The number of nitrogens with one attached hydrogen (secondary N) is 1. The minimum absolute atomic E-state index is 0.179. The highest BCUT2D eigenvalue weighted by Gasteiger charge is 2.18. The molecule has 0 radical (unpaired) electrons. The molecule has 130 valence electrons. The van der Waals surface area contributed by atoms with Crippen LogP contribution in [0.15, 0.2) is 36.8 Å². The molecule has 7 heteroatoms. The molecule has 4 heterocycles. The SMILES string of the molecule is Cc1nc2ccccn2c1C(=O)Nc1cnn(CC2CCOCC2)c1. The Morgan fingerprint density at radius 3 is 3.04 bits per heavy atom. The van der Waals surface area contributed by atoms with Gasteiger partial charge in [-0.05, 0) is 37.8 Å². The van der Waals surface area contributed by atoms with E-state index in [1.165, 1.54) is 0 Å². The maximum absolute atomic E-state index is 12.7. The van der Waals surface area contributed by atoms with E-state index in [0.29, 0.717) is 23.0 Å². The number of hydrogen-bond acceptors (Lipinski definition) is 4. The van der Waals surface area contributed by atoms with E-state index in [1.54, 1.807) is 10.6 Å². The Morgan fingerprint density at radius 2 is 2.20 bits per heavy atom. The van der Waals surface area contributed by atoms with E-state index in [-0.39, 0.29) is 5.91 Å². The molecular formula is C18H21N5O2. The Kier molecular flexibility index (Phi) is 4.23. The van der Waals surface area contributed by atoms with Gasteiger partial charge in [-0.15, -0.1) is 0 Å². The van der Waals surface area contributed by atoms with E-state index in [0.717, 1.165) is 38.2 Å². The van der Waals surface area contributed by atoms with Crippen LogP contribution in [0.1, 0.15) is 29.0 Å². The van der Waals surface area contributed by atoms with E-state index in [9.17, 15) is 4.79 Å². The van der Waals surface area contributed by atoms with Gasteiger partial charge in [0.15, 0.2) is 0 Å². The highest BCUT2D eigenvalue weighted by atomic mass is 16.5.